The Kier molecular flexibility index (Phi) is 3.66. The van der Waals surface area contributed by atoms with Crippen LogP contribution < -0.4 is 4.90 Å². The van der Waals surface area contributed by atoms with Crippen LogP contribution in [-0.2, 0) is 0 Å². The number of aromatic nitrogens is 5. The van der Waals surface area contributed by atoms with E-state index in [1.54, 1.807) is 18.9 Å². The van der Waals surface area contributed by atoms with Crippen molar-refractivity contribution in [2.24, 2.45) is 0 Å². The highest BCUT2D eigenvalue weighted by Crippen LogP contribution is 2.35. The van der Waals surface area contributed by atoms with E-state index in [0.717, 1.165) is 24.6 Å². The molecular formula is C20H20N6. The monoisotopic (exact) mass is 344 g/mol. The molecule has 1 unspecified atom stereocenters. The van der Waals surface area contributed by atoms with Crippen LogP contribution in [0.2, 0.25) is 0 Å². The van der Waals surface area contributed by atoms with E-state index in [4.69, 9.17) is 0 Å². The van der Waals surface area contributed by atoms with Gasteiger partial charge in [-0.05, 0) is 36.8 Å². The van der Waals surface area contributed by atoms with Gasteiger partial charge in [-0.25, -0.2) is 15.0 Å². The molecule has 1 atom stereocenters. The van der Waals surface area contributed by atoms with Crippen molar-refractivity contribution in [2.45, 2.75) is 25.3 Å². The molecule has 0 amide bonds. The molecule has 0 spiro atoms. The quantitative estimate of drug-likeness (QED) is 0.613. The van der Waals surface area contributed by atoms with Gasteiger partial charge in [-0.1, -0.05) is 18.2 Å². The summed E-state index contributed by atoms with van der Waals surface area (Å²) in [4.78, 5) is 19.1. The summed E-state index contributed by atoms with van der Waals surface area (Å²) in [7, 11) is 0. The summed E-state index contributed by atoms with van der Waals surface area (Å²) in [6.07, 6.45) is 10.6. The minimum absolute atomic E-state index is 0.307. The molecule has 130 valence electrons. The SMILES string of the molecule is c1ccc2[nH]c(C3CCCCN3c3cc(-n4ccnc4)ncn3)cc2c1. The van der Waals surface area contributed by atoms with E-state index in [9.17, 15) is 0 Å². The van der Waals surface area contributed by atoms with Crippen LogP contribution in [0, 0.1) is 0 Å². The summed E-state index contributed by atoms with van der Waals surface area (Å²) in [6, 6.07) is 13.1. The van der Waals surface area contributed by atoms with E-state index in [1.165, 1.54) is 29.4 Å². The zero-order chi connectivity index (χ0) is 17.3. The molecule has 1 saturated heterocycles. The first-order valence-corrected chi connectivity index (χ1v) is 9.03. The molecule has 1 aliphatic rings. The number of hydrogen-bond donors (Lipinski definition) is 1. The maximum atomic E-state index is 4.57. The van der Waals surface area contributed by atoms with E-state index in [-0.39, 0.29) is 0 Å². The van der Waals surface area contributed by atoms with Crippen molar-refractivity contribution in [1.29, 1.82) is 0 Å². The lowest BCUT2D eigenvalue weighted by Crippen LogP contribution is -2.34. The van der Waals surface area contributed by atoms with E-state index in [0.29, 0.717) is 6.04 Å². The van der Waals surface area contributed by atoms with Gasteiger partial charge in [0.25, 0.3) is 0 Å². The van der Waals surface area contributed by atoms with Crippen LogP contribution in [0.5, 0.6) is 0 Å². The summed E-state index contributed by atoms with van der Waals surface area (Å²) in [6.45, 7) is 1.00. The Morgan fingerprint density at radius 3 is 2.85 bits per heavy atom. The molecule has 0 radical (unpaired) electrons. The molecule has 6 nitrogen and oxygen atoms in total. The van der Waals surface area contributed by atoms with Gasteiger partial charge < -0.3 is 9.88 Å². The summed E-state index contributed by atoms with van der Waals surface area (Å²) < 4.78 is 1.91. The van der Waals surface area contributed by atoms with E-state index < -0.39 is 0 Å². The molecule has 1 fully saturated rings. The number of nitrogens with zero attached hydrogens (tertiary/aromatic N) is 5. The fraction of sp³-hybridized carbons (Fsp3) is 0.250. The molecular weight excluding hydrogens is 324 g/mol. The second-order valence-electron chi connectivity index (χ2n) is 6.72. The molecule has 5 rings (SSSR count). The van der Waals surface area contributed by atoms with Crippen molar-refractivity contribution in [2.75, 3.05) is 11.4 Å². The third-order valence-electron chi connectivity index (χ3n) is 5.11. The van der Waals surface area contributed by atoms with Crippen molar-refractivity contribution in [3.63, 3.8) is 0 Å². The summed E-state index contributed by atoms with van der Waals surface area (Å²) in [5.41, 5.74) is 2.45. The van der Waals surface area contributed by atoms with Crippen LogP contribution in [0.3, 0.4) is 0 Å². The van der Waals surface area contributed by atoms with Crippen LogP contribution in [0.4, 0.5) is 5.82 Å². The van der Waals surface area contributed by atoms with Gasteiger partial charge in [0, 0.05) is 36.2 Å². The summed E-state index contributed by atoms with van der Waals surface area (Å²) >= 11 is 0. The number of aromatic amines is 1. The first kappa shape index (κ1) is 15.1. The van der Waals surface area contributed by atoms with Crippen molar-refractivity contribution >= 4 is 16.7 Å². The predicted octanol–water partition coefficient (Wildman–Crippen LogP) is 3.88. The van der Waals surface area contributed by atoms with Gasteiger partial charge in [-0.2, -0.15) is 0 Å². The first-order chi connectivity index (χ1) is 12.9. The average molecular weight is 344 g/mol. The lowest BCUT2D eigenvalue weighted by atomic mass is 9.99. The highest BCUT2D eigenvalue weighted by molar-refractivity contribution is 5.80. The van der Waals surface area contributed by atoms with Crippen LogP contribution in [-0.4, -0.2) is 31.0 Å². The molecule has 1 aromatic carbocycles. The fourth-order valence-electron chi connectivity index (χ4n) is 3.83. The van der Waals surface area contributed by atoms with Gasteiger partial charge in [0.05, 0.1) is 6.04 Å². The summed E-state index contributed by atoms with van der Waals surface area (Å²) in [5.74, 6) is 1.81. The molecule has 0 saturated carbocycles. The number of rotatable bonds is 3. The van der Waals surface area contributed by atoms with E-state index in [1.807, 2.05) is 16.8 Å². The summed E-state index contributed by atoms with van der Waals surface area (Å²) in [5, 5.41) is 1.26. The highest BCUT2D eigenvalue weighted by atomic mass is 15.2. The van der Waals surface area contributed by atoms with Gasteiger partial charge in [0.1, 0.15) is 24.3 Å². The van der Waals surface area contributed by atoms with Crippen molar-refractivity contribution in [1.82, 2.24) is 24.5 Å². The molecule has 26 heavy (non-hydrogen) atoms. The maximum absolute atomic E-state index is 4.57. The van der Waals surface area contributed by atoms with Crippen molar-refractivity contribution in [3.8, 4) is 5.82 Å². The molecule has 1 aliphatic heterocycles. The maximum Gasteiger partial charge on any atom is 0.143 e. The number of fused-ring (bicyclic) bond motifs is 1. The Morgan fingerprint density at radius 1 is 1.04 bits per heavy atom. The Bertz CT molecular complexity index is 987. The normalized spacial score (nSPS) is 17.7. The number of imidazole rings is 1. The Morgan fingerprint density at radius 2 is 1.96 bits per heavy atom. The minimum atomic E-state index is 0.307. The molecule has 4 aromatic rings. The van der Waals surface area contributed by atoms with Crippen molar-refractivity contribution < 1.29 is 0 Å². The Balaban J connectivity index is 1.53. The fourth-order valence-corrected chi connectivity index (χ4v) is 3.83. The van der Waals surface area contributed by atoms with Gasteiger partial charge in [0.15, 0.2) is 0 Å². The van der Waals surface area contributed by atoms with E-state index in [2.05, 4.69) is 55.2 Å². The number of H-pyrrole nitrogens is 1. The lowest BCUT2D eigenvalue weighted by molar-refractivity contribution is 0.463. The topological polar surface area (TPSA) is 62.6 Å². The van der Waals surface area contributed by atoms with Crippen LogP contribution in [0.1, 0.15) is 31.0 Å². The second kappa shape index (κ2) is 6.29. The number of para-hydroxylation sites is 1. The number of nitrogens with one attached hydrogen (secondary N) is 1. The van der Waals surface area contributed by atoms with Crippen LogP contribution >= 0.6 is 0 Å². The molecule has 1 N–H and O–H groups in total. The zero-order valence-electron chi connectivity index (χ0n) is 14.4. The molecule has 4 heterocycles. The number of hydrogen-bond acceptors (Lipinski definition) is 4. The first-order valence-electron chi connectivity index (χ1n) is 9.03. The molecule has 0 aliphatic carbocycles. The standard InChI is InChI=1S/C20H20N6/c1-2-6-16-15(5-1)11-17(24-16)18-7-3-4-9-26(18)20-12-19(22-13-23-20)25-10-8-21-14-25/h1-2,5-6,8,10-14,18,24H,3-4,7,9H2. The number of benzene rings is 1. The Hall–Kier alpha value is -3.15. The third kappa shape index (κ3) is 2.63. The van der Waals surface area contributed by atoms with Gasteiger partial charge in [-0.3, -0.25) is 4.57 Å². The third-order valence-corrected chi connectivity index (χ3v) is 5.11. The molecule has 3 aromatic heterocycles. The lowest BCUT2D eigenvalue weighted by Gasteiger charge is -2.36. The number of anilines is 1. The zero-order valence-corrected chi connectivity index (χ0v) is 14.4. The molecule has 0 bridgehead atoms. The smallest absolute Gasteiger partial charge is 0.143 e. The van der Waals surface area contributed by atoms with Crippen LogP contribution in [0.25, 0.3) is 16.7 Å². The average Bonchev–Trinajstić information content (AvgIpc) is 3.38. The van der Waals surface area contributed by atoms with Gasteiger partial charge in [0.2, 0.25) is 0 Å². The number of piperidine rings is 1. The largest absolute Gasteiger partial charge is 0.357 e. The van der Waals surface area contributed by atoms with Gasteiger partial charge >= 0.3 is 0 Å². The highest BCUT2D eigenvalue weighted by Gasteiger charge is 2.26. The molecule has 6 heteroatoms. The second-order valence-corrected chi connectivity index (χ2v) is 6.72. The Labute approximate surface area is 151 Å². The predicted molar refractivity (Wildman–Crippen MR) is 101 cm³/mol. The van der Waals surface area contributed by atoms with Crippen LogP contribution in [0.15, 0.2) is 61.4 Å². The van der Waals surface area contributed by atoms with Crippen molar-refractivity contribution in [3.05, 3.63) is 67.1 Å². The van der Waals surface area contributed by atoms with Gasteiger partial charge in [-0.15, -0.1) is 0 Å². The minimum Gasteiger partial charge on any atom is -0.357 e. The van der Waals surface area contributed by atoms with E-state index >= 15 is 0 Å².